The Balaban J connectivity index is 1.19. The molecule has 0 radical (unpaired) electrons. The Hall–Kier alpha value is -9.24. The fraction of sp³-hybridized carbons (Fsp3) is 0.0811. The Morgan fingerprint density at radius 2 is 0.500 bits per heavy atom. The van der Waals surface area contributed by atoms with E-state index in [-0.39, 0.29) is 0 Å². The third-order valence-corrected chi connectivity index (χ3v) is 16.6. The lowest BCUT2D eigenvalue weighted by molar-refractivity contribution is 0.729. The largest absolute Gasteiger partial charge is 0.310 e. The summed E-state index contributed by atoms with van der Waals surface area (Å²) in [7, 11) is 0. The van der Waals surface area contributed by atoms with E-state index in [0.29, 0.717) is 0 Å². The molecule has 0 amide bonds. The van der Waals surface area contributed by atoms with E-state index in [4.69, 9.17) is 0 Å². The molecule has 14 rings (SSSR count). The molecule has 2 aliphatic rings. The first-order valence-electron chi connectivity index (χ1n) is 26.7. The first-order valence-corrected chi connectivity index (χ1v) is 26.7. The Morgan fingerprint density at radius 3 is 0.763 bits per heavy atom. The van der Waals surface area contributed by atoms with Gasteiger partial charge in [0.25, 0.3) is 0 Å². The molecule has 76 heavy (non-hydrogen) atoms. The van der Waals surface area contributed by atoms with Gasteiger partial charge in [0.05, 0.1) is 10.8 Å². The van der Waals surface area contributed by atoms with Crippen LogP contribution < -0.4 is 9.80 Å². The zero-order chi connectivity index (χ0) is 51.1. The maximum absolute atomic E-state index is 2.54. The molecule has 0 atom stereocenters. The summed E-state index contributed by atoms with van der Waals surface area (Å²) in [5.41, 5.74) is 22.8. The van der Waals surface area contributed by atoms with E-state index in [9.17, 15) is 0 Å². The second kappa shape index (κ2) is 17.7. The summed E-state index contributed by atoms with van der Waals surface area (Å²) in [6.07, 6.45) is 0. The molecular formula is C74H56N2. The molecule has 0 aromatic heterocycles. The summed E-state index contributed by atoms with van der Waals surface area (Å²) in [5, 5.41) is 4.98. The molecule has 362 valence electrons. The van der Waals surface area contributed by atoms with E-state index in [0.717, 1.165) is 34.1 Å². The minimum absolute atomic E-state index is 0.733. The van der Waals surface area contributed by atoms with Crippen molar-refractivity contribution >= 4 is 55.7 Å². The average molecular weight is 973 g/mol. The molecule has 0 saturated carbocycles. The monoisotopic (exact) mass is 972 g/mol. The van der Waals surface area contributed by atoms with Crippen LogP contribution in [0.25, 0.3) is 32.7 Å². The van der Waals surface area contributed by atoms with Gasteiger partial charge in [-0.1, -0.05) is 216 Å². The zero-order valence-electron chi connectivity index (χ0n) is 43.3. The number of rotatable bonds is 10. The second-order valence-electron chi connectivity index (χ2n) is 21.1. The maximum Gasteiger partial charge on any atom is 0.0714 e. The van der Waals surface area contributed by atoms with Crippen molar-refractivity contribution in [3.63, 3.8) is 0 Å². The molecule has 0 aliphatic heterocycles. The standard InChI is InChI=1S/C74H56N2/c1-49-25-35-59(36-26-49)75(60-37-27-50(2)28-38-60)63-45-53-33-43-66-71-69(53)67(47-63)73(55-17-9-5-10-18-55,56-19-11-6-12-20-56)65-44-34-54-46-64(76(61-39-29-51(3)30-40-61)62-41-31-52(4)32-42-62)48-68(70(54)72(65)71)74(66,57-21-13-7-14-22-57)58-23-15-8-16-24-58/h5-48H,1-4H3. The van der Waals surface area contributed by atoms with Crippen molar-refractivity contribution in [2.45, 2.75) is 38.5 Å². The normalized spacial score (nSPS) is 13.5. The molecule has 2 aliphatic carbocycles. The van der Waals surface area contributed by atoms with Crippen LogP contribution in [0.15, 0.2) is 267 Å². The molecule has 12 aromatic carbocycles. The summed E-state index contributed by atoms with van der Waals surface area (Å²) >= 11 is 0. The van der Waals surface area contributed by atoms with E-state index in [1.807, 2.05) is 0 Å². The van der Waals surface area contributed by atoms with Crippen LogP contribution in [0.4, 0.5) is 34.1 Å². The van der Waals surface area contributed by atoms with E-state index < -0.39 is 10.8 Å². The number of aryl methyl sites for hydroxylation is 4. The minimum Gasteiger partial charge on any atom is -0.310 e. The minimum atomic E-state index is -0.733. The van der Waals surface area contributed by atoms with Gasteiger partial charge in [0.2, 0.25) is 0 Å². The summed E-state index contributed by atoms with van der Waals surface area (Å²) < 4.78 is 0. The zero-order valence-corrected chi connectivity index (χ0v) is 43.3. The molecule has 0 N–H and O–H groups in total. The average Bonchev–Trinajstić information content (AvgIpc) is 3.30. The fourth-order valence-corrected chi connectivity index (χ4v) is 13.2. The summed E-state index contributed by atoms with van der Waals surface area (Å²) in [6.45, 7) is 8.67. The lowest BCUT2D eigenvalue weighted by atomic mass is 9.53. The van der Waals surface area contributed by atoms with Gasteiger partial charge in [-0.05, 0) is 178 Å². The number of hydrogen-bond donors (Lipinski definition) is 0. The van der Waals surface area contributed by atoms with E-state index in [1.54, 1.807) is 0 Å². The molecule has 0 fully saturated rings. The Bertz CT molecular complexity index is 3700. The van der Waals surface area contributed by atoms with E-state index in [2.05, 4.69) is 304 Å². The SMILES string of the molecule is Cc1ccc(N(c2ccc(C)cc2)c2cc3c4c5c(ccc4c2)C(c2ccccc2)(c2ccccc2)c2cc(N(c4ccc(C)cc4)c4ccc(C)cc4)cc4ccc(c-5c24)C3(c2ccccc2)c2ccccc2)cc1. The van der Waals surface area contributed by atoms with Crippen molar-refractivity contribution in [2.75, 3.05) is 9.80 Å². The molecular weight excluding hydrogens is 917 g/mol. The maximum atomic E-state index is 2.54. The van der Waals surface area contributed by atoms with Crippen LogP contribution >= 0.6 is 0 Å². The molecule has 12 aromatic rings. The molecule has 2 nitrogen and oxygen atoms in total. The number of nitrogens with zero attached hydrogens (tertiary/aromatic N) is 2. The van der Waals surface area contributed by atoms with Crippen molar-refractivity contribution in [3.05, 3.63) is 334 Å². The quantitative estimate of drug-likeness (QED) is 0.135. The fourth-order valence-electron chi connectivity index (χ4n) is 13.2. The van der Waals surface area contributed by atoms with Crippen molar-refractivity contribution in [1.29, 1.82) is 0 Å². The van der Waals surface area contributed by atoms with Crippen molar-refractivity contribution < 1.29 is 0 Å². The Labute approximate surface area is 446 Å². The summed E-state index contributed by atoms with van der Waals surface area (Å²) in [4.78, 5) is 4.91. The van der Waals surface area contributed by atoms with Crippen LogP contribution in [0.5, 0.6) is 0 Å². The van der Waals surface area contributed by atoms with Crippen LogP contribution in [0.2, 0.25) is 0 Å². The molecule has 0 spiro atoms. The smallest absolute Gasteiger partial charge is 0.0714 e. The molecule has 0 heterocycles. The van der Waals surface area contributed by atoms with E-state index in [1.165, 1.54) is 99.4 Å². The highest BCUT2D eigenvalue weighted by Gasteiger charge is 2.52. The molecule has 0 saturated heterocycles. The van der Waals surface area contributed by atoms with Crippen LogP contribution in [0.1, 0.15) is 66.8 Å². The van der Waals surface area contributed by atoms with Gasteiger partial charge in [-0.2, -0.15) is 0 Å². The third-order valence-electron chi connectivity index (χ3n) is 16.6. The number of benzene rings is 12. The molecule has 0 unspecified atom stereocenters. The first-order chi connectivity index (χ1) is 37.3. The molecule has 0 bridgehead atoms. The highest BCUT2D eigenvalue weighted by Crippen LogP contribution is 2.65. The van der Waals surface area contributed by atoms with Crippen LogP contribution in [-0.2, 0) is 10.8 Å². The predicted octanol–water partition coefficient (Wildman–Crippen LogP) is 19.2. The van der Waals surface area contributed by atoms with Gasteiger partial charge in [-0.15, -0.1) is 0 Å². The Morgan fingerprint density at radius 1 is 0.237 bits per heavy atom. The van der Waals surface area contributed by atoms with E-state index >= 15 is 0 Å². The van der Waals surface area contributed by atoms with Gasteiger partial charge < -0.3 is 9.80 Å². The number of anilines is 6. The first kappa shape index (κ1) is 45.4. The van der Waals surface area contributed by atoms with Crippen LogP contribution in [0, 0.1) is 27.7 Å². The summed E-state index contributed by atoms with van der Waals surface area (Å²) in [6, 6.07) is 101. The topological polar surface area (TPSA) is 6.48 Å². The molecule has 2 heteroatoms. The summed E-state index contributed by atoms with van der Waals surface area (Å²) in [5.74, 6) is 0. The lowest BCUT2D eigenvalue weighted by Crippen LogP contribution is -2.39. The van der Waals surface area contributed by atoms with Crippen molar-refractivity contribution in [2.24, 2.45) is 0 Å². The van der Waals surface area contributed by atoms with Gasteiger partial charge >= 0.3 is 0 Å². The van der Waals surface area contributed by atoms with Crippen LogP contribution in [0.3, 0.4) is 0 Å². The Kier molecular flexibility index (Phi) is 10.6. The number of hydrogen-bond acceptors (Lipinski definition) is 2. The van der Waals surface area contributed by atoms with Gasteiger partial charge in [0, 0.05) is 34.1 Å². The van der Waals surface area contributed by atoms with Gasteiger partial charge in [-0.25, -0.2) is 0 Å². The van der Waals surface area contributed by atoms with Crippen molar-refractivity contribution in [1.82, 2.24) is 0 Å². The van der Waals surface area contributed by atoms with Crippen LogP contribution in [-0.4, -0.2) is 0 Å². The highest BCUT2D eigenvalue weighted by atomic mass is 15.1. The third kappa shape index (κ3) is 6.80. The lowest BCUT2D eigenvalue weighted by Gasteiger charge is -2.49. The predicted molar refractivity (Wildman–Crippen MR) is 319 cm³/mol. The second-order valence-corrected chi connectivity index (χ2v) is 21.1. The van der Waals surface area contributed by atoms with Gasteiger partial charge in [-0.3, -0.25) is 0 Å². The van der Waals surface area contributed by atoms with Crippen molar-refractivity contribution in [3.8, 4) is 11.1 Å². The highest BCUT2D eigenvalue weighted by molar-refractivity contribution is 6.18. The van der Waals surface area contributed by atoms with Gasteiger partial charge in [0.1, 0.15) is 0 Å². The van der Waals surface area contributed by atoms with Gasteiger partial charge in [0.15, 0.2) is 0 Å².